The lowest BCUT2D eigenvalue weighted by Crippen LogP contribution is -1.91. The SMILES string of the molecule is [CH2]c1c(-c2ccccc2)n(C)c2ccccc12. The molecule has 17 heavy (non-hydrogen) atoms. The van der Waals surface area contributed by atoms with Gasteiger partial charge in [0.25, 0.3) is 0 Å². The van der Waals surface area contributed by atoms with Gasteiger partial charge in [0.2, 0.25) is 0 Å². The Hall–Kier alpha value is -2.02. The van der Waals surface area contributed by atoms with Crippen LogP contribution >= 0.6 is 0 Å². The van der Waals surface area contributed by atoms with Gasteiger partial charge in [0.15, 0.2) is 0 Å². The molecule has 0 saturated carbocycles. The molecule has 0 fully saturated rings. The van der Waals surface area contributed by atoms with Gasteiger partial charge in [-0.2, -0.15) is 0 Å². The molecule has 0 bridgehead atoms. The van der Waals surface area contributed by atoms with Crippen molar-refractivity contribution in [3.05, 3.63) is 67.1 Å². The maximum atomic E-state index is 4.23. The quantitative estimate of drug-likeness (QED) is 0.583. The van der Waals surface area contributed by atoms with E-state index >= 15 is 0 Å². The highest BCUT2D eigenvalue weighted by molar-refractivity contribution is 5.92. The van der Waals surface area contributed by atoms with Crippen molar-refractivity contribution < 1.29 is 0 Å². The molecule has 1 heterocycles. The Morgan fingerprint density at radius 3 is 2.24 bits per heavy atom. The van der Waals surface area contributed by atoms with Gasteiger partial charge in [0, 0.05) is 18.0 Å². The van der Waals surface area contributed by atoms with Crippen LogP contribution in [0.5, 0.6) is 0 Å². The Bertz CT molecular complexity index is 624. The molecule has 0 aliphatic carbocycles. The summed E-state index contributed by atoms with van der Waals surface area (Å²) in [6.45, 7) is 4.23. The van der Waals surface area contributed by atoms with Crippen molar-refractivity contribution in [3.8, 4) is 11.3 Å². The fourth-order valence-corrected chi connectivity index (χ4v) is 2.44. The van der Waals surface area contributed by atoms with E-state index in [4.69, 9.17) is 0 Å². The van der Waals surface area contributed by atoms with Gasteiger partial charge in [-0.3, -0.25) is 0 Å². The van der Waals surface area contributed by atoms with E-state index in [1.807, 2.05) is 6.07 Å². The number of nitrogens with zero attached hydrogens (tertiary/aromatic N) is 1. The number of hydrogen-bond acceptors (Lipinski definition) is 0. The first-order chi connectivity index (χ1) is 8.29. The van der Waals surface area contributed by atoms with Crippen LogP contribution in [-0.4, -0.2) is 4.57 Å². The third-order valence-electron chi connectivity index (χ3n) is 3.26. The highest BCUT2D eigenvalue weighted by Crippen LogP contribution is 2.31. The first-order valence-corrected chi connectivity index (χ1v) is 5.74. The average molecular weight is 220 g/mol. The van der Waals surface area contributed by atoms with Crippen molar-refractivity contribution >= 4 is 10.9 Å². The third kappa shape index (κ3) is 1.47. The predicted octanol–water partition coefficient (Wildman–Crippen LogP) is 4.03. The van der Waals surface area contributed by atoms with Crippen molar-refractivity contribution in [2.75, 3.05) is 0 Å². The molecular weight excluding hydrogens is 206 g/mol. The van der Waals surface area contributed by atoms with E-state index in [9.17, 15) is 0 Å². The zero-order chi connectivity index (χ0) is 11.8. The molecule has 0 amide bonds. The molecule has 83 valence electrons. The molecule has 2 aromatic carbocycles. The first kappa shape index (κ1) is 10.2. The molecule has 0 N–H and O–H groups in total. The third-order valence-corrected chi connectivity index (χ3v) is 3.26. The van der Waals surface area contributed by atoms with Gasteiger partial charge >= 0.3 is 0 Å². The Balaban J connectivity index is 2.38. The van der Waals surface area contributed by atoms with Crippen molar-refractivity contribution in [3.63, 3.8) is 0 Å². The topological polar surface area (TPSA) is 4.93 Å². The number of fused-ring (bicyclic) bond motifs is 1. The molecule has 0 aliphatic rings. The standard InChI is InChI=1S/C16H14N/c1-12-14-10-6-7-11-15(14)17(2)16(12)13-8-4-3-5-9-13/h3-11H,1H2,2H3. The normalized spacial score (nSPS) is 10.9. The summed E-state index contributed by atoms with van der Waals surface area (Å²) in [5, 5.41) is 1.23. The molecule has 0 spiro atoms. The number of rotatable bonds is 1. The monoisotopic (exact) mass is 220 g/mol. The van der Waals surface area contributed by atoms with Gasteiger partial charge in [-0.05, 0) is 24.1 Å². The lowest BCUT2D eigenvalue weighted by molar-refractivity contribution is 0.976. The van der Waals surface area contributed by atoms with Gasteiger partial charge in [-0.15, -0.1) is 0 Å². The van der Waals surface area contributed by atoms with Crippen LogP contribution in [0.1, 0.15) is 5.56 Å². The zero-order valence-corrected chi connectivity index (χ0v) is 9.85. The Kier molecular flexibility index (Phi) is 2.25. The fraction of sp³-hybridized carbons (Fsp3) is 0.0625. The molecule has 3 rings (SSSR count). The van der Waals surface area contributed by atoms with Crippen LogP contribution in [0.2, 0.25) is 0 Å². The minimum absolute atomic E-state index is 1.11. The molecule has 1 heteroatoms. The van der Waals surface area contributed by atoms with Crippen LogP contribution in [0, 0.1) is 6.92 Å². The summed E-state index contributed by atoms with van der Waals surface area (Å²) in [5.74, 6) is 0. The van der Waals surface area contributed by atoms with Crippen molar-refractivity contribution in [1.29, 1.82) is 0 Å². The summed E-state index contributed by atoms with van der Waals surface area (Å²) in [6.07, 6.45) is 0. The van der Waals surface area contributed by atoms with E-state index in [1.165, 1.54) is 22.2 Å². The molecule has 1 aromatic heterocycles. The summed E-state index contributed by atoms with van der Waals surface area (Å²) >= 11 is 0. The molecule has 3 aromatic rings. The molecule has 0 unspecified atom stereocenters. The van der Waals surface area contributed by atoms with Crippen LogP contribution in [0.4, 0.5) is 0 Å². The lowest BCUT2D eigenvalue weighted by atomic mass is 10.1. The van der Waals surface area contributed by atoms with Crippen LogP contribution in [0.25, 0.3) is 22.2 Å². The Morgan fingerprint density at radius 1 is 0.882 bits per heavy atom. The van der Waals surface area contributed by atoms with Crippen molar-refractivity contribution in [2.24, 2.45) is 7.05 Å². The molecule has 1 nitrogen and oxygen atoms in total. The van der Waals surface area contributed by atoms with Crippen molar-refractivity contribution in [2.45, 2.75) is 0 Å². The minimum Gasteiger partial charge on any atom is -0.343 e. The maximum absolute atomic E-state index is 4.23. The van der Waals surface area contributed by atoms with Gasteiger partial charge in [-0.25, -0.2) is 0 Å². The predicted molar refractivity (Wildman–Crippen MR) is 72.8 cm³/mol. The second kappa shape index (κ2) is 3.77. The van der Waals surface area contributed by atoms with E-state index in [-0.39, 0.29) is 0 Å². The van der Waals surface area contributed by atoms with E-state index in [2.05, 4.69) is 67.1 Å². The average Bonchev–Trinajstić information content (AvgIpc) is 2.64. The van der Waals surface area contributed by atoms with Crippen molar-refractivity contribution in [1.82, 2.24) is 4.57 Å². The second-order valence-corrected chi connectivity index (χ2v) is 4.27. The first-order valence-electron chi connectivity index (χ1n) is 5.74. The maximum Gasteiger partial charge on any atom is 0.0521 e. The molecular formula is C16H14N. The molecule has 1 radical (unpaired) electrons. The van der Waals surface area contributed by atoms with E-state index in [0.717, 1.165) is 5.56 Å². The highest BCUT2D eigenvalue weighted by atomic mass is 14.9. The number of para-hydroxylation sites is 1. The van der Waals surface area contributed by atoms with E-state index < -0.39 is 0 Å². The number of aryl methyl sites for hydroxylation is 1. The molecule has 0 atom stereocenters. The smallest absolute Gasteiger partial charge is 0.0521 e. The van der Waals surface area contributed by atoms with E-state index in [0.29, 0.717) is 0 Å². The van der Waals surface area contributed by atoms with Gasteiger partial charge in [0.05, 0.1) is 5.69 Å². The van der Waals surface area contributed by atoms with Crippen LogP contribution < -0.4 is 0 Å². The summed E-state index contributed by atoms with van der Waals surface area (Å²) in [4.78, 5) is 0. The lowest BCUT2D eigenvalue weighted by Gasteiger charge is -2.05. The summed E-state index contributed by atoms with van der Waals surface area (Å²) in [6, 6.07) is 18.8. The second-order valence-electron chi connectivity index (χ2n) is 4.27. The Morgan fingerprint density at radius 2 is 1.53 bits per heavy atom. The Labute approximate surface area is 101 Å². The highest BCUT2D eigenvalue weighted by Gasteiger charge is 2.12. The number of aromatic nitrogens is 1. The van der Waals surface area contributed by atoms with Gasteiger partial charge < -0.3 is 4.57 Å². The van der Waals surface area contributed by atoms with Gasteiger partial charge in [0.1, 0.15) is 0 Å². The molecule has 0 aliphatic heterocycles. The minimum atomic E-state index is 1.11. The largest absolute Gasteiger partial charge is 0.343 e. The van der Waals surface area contributed by atoms with Crippen LogP contribution in [-0.2, 0) is 7.05 Å². The van der Waals surface area contributed by atoms with E-state index in [1.54, 1.807) is 0 Å². The fourth-order valence-electron chi connectivity index (χ4n) is 2.44. The zero-order valence-electron chi connectivity index (χ0n) is 9.85. The molecule has 0 saturated heterocycles. The summed E-state index contributed by atoms with van der Waals surface area (Å²) < 4.78 is 2.22. The van der Waals surface area contributed by atoms with Crippen LogP contribution in [0.15, 0.2) is 54.6 Å². The number of benzene rings is 2. The van der Waals surface area contributed by atoms with Gasteiger partial charge in [-0.1, -0.05) is 48.5 Å². The van der Waals surface area contributed by atoms with Crippen LogP contribution in [0.3, 0.4) is 0 Å². The number of hydrogen-bond donors (Lipinski definition) is 0. The summed E-state index contributed by atoms with van der Waals surface area (Å²) in [7, 11) is 2.10. The summed E-state index contributed by atoms with van der Waals surface area (Å²) in [5.41, 5.74) is 4.76.